The molecule has 1 N–H and O–H groups in total. The van der Waals surface area contributed by atoms with Gasteiger partial charge in [0.1, 0.15) is 18.1 Å². The minimum absolute atomic E-state index is 0.0713. The summed E-state index contributed by atoms with van der Waals surface area (Å²) < 4.78 is 10.9. The van der Waals surface area contributed by atoms with E-state index in [1.54, 1.807) is 7.11 Å². The maximum absolute atomic E-state index is 8.76. The summed E-state index contributed by atoms with van der Waals surface area (Å²) in [5, 5.41) is 8.76. The highest BCUT2D eigenvalue weighted by atomic mass is 16.5. The summed E-state index contributed by atoms with van der Waals surface area (Å²) in [5.74, 6) is 7.50. The largest absolute Gasteiger partial charge is 0.497 e. The van der Waals surface area contributed by atoms with Crippen LogP contribution in [0.4, 0.5) is 0 Å². The van der Waals surface area contributed by atoms with Crippen LogP contribution in [-0.2, 0) is 6.61 Å². The lowest BCUT2D eigenvalue weighted by atomic mass is 10.2. The van der Waals surface area contributed by atoms with Gasteiger partial charge in [0.25, 0.3) is 0 Å². The third-order valence-electron chi connectivity index (χ3n) is 2.90. The van der Waals surface area contributed by atoms with Gasteiger partial charge >= 0.3 is 0 Å². The van der Waals surface area contributed by atoms with Crippen LogP contribution in [-0.4, -0.2) is 18.8 Å². The highest BCUT2D eigenvalue weighted by Gasteiger charge is 2.01. The van der Waals surface area contributed by atoms with E-state index in [0.717, 1.165) is 22.6 Å². The van der Waals surface area contributed by atoms with Crippen molar-refractivity contribution in [2.24, 2.45) is 0 Å². The maximum atomic E-state index is 8.76. The van der Waals surface area contributed by atoms with Gasteiger partial charge in [0.15, 0.2) is 0 Å². The third kappa shape index (κ3) is 4.55. The Morgan fingerprint density at radius 1 is 1.05 bits per heavy atom. The van der Waals surface area contributed by atoms with Crippen LogP contribution in [0.25, 0.3) is 0 Å². The smallest absolute Gasteiger partial charge is 0.135 e. The predicted octanol–water partition coefficient (Wildman–Crippen LogP) is 3.01. The fourth-order valence-electron chi connectivity index (χ4n) is 1.79. The van der Waals surface area contributed by atoms with Crippen LogP contribution in [0.1, 0.15) is 17.5 Å². The molecule has 0 aliphatic rings. The van der Waals surface area contributed by atoms with Gasteiger partial charge < -0.3 is 14.6 Å². The molecule has 0 bridgehead atoms. The standard InChI is InChI=1S/C18H18O3/c1-20-17-11-9-15(10-12-17)14-21-18-8-3-2-6-16(18)7-4-5-13-19/h2-3,6,8-12,19H,5,13-14H2,1H3. The Morgan fingerprint density at radius 2 is 1.81 bits per heavy atom. The van der Waals surface area contributed by atoms with Gasteiger partial charge in [0, 0.05) is 6.42 Å². The van der Waals surface area contributed by atoms with E-state index in [0.29, 0.717) is 13.0 Å². The second kappa shape index (κ2) is 7.98. The van der Waals surface area contributed by atoms with E-state index in [1.165, 1.54) is 0 Å². The van der Waals surface area contributed by atoms with E-state index in [2.05, 4.69) is 11.8 Å². The molecule has 0 amide bonds. The van der Waals surface area contributed by atoms with Gasteiger partial charge in [-0.05, 0) is 29.8 Å². The van der Waals surface area contributed by atoms with E-state index in [9.17, 15) is 0 Å². The van der Waals surface area contributed by atoms with Crippen LogP contribution in [0.15, 0.2) is 48.5 Å². The first-order valence-electron chi connectivity index (χ1n) is 6.78. The molecule has 2 aromatic carbocycles. The number of ether oxygens (including phenoxy) is 2. The molecule has 0 aliphatic carbocycles. The number of aliphatic hydroxyl groups is 1. The third-order valence-corrected chi connectivity index (χ3v) is 2.90. The molecule has 0 spiro atoms. The number of para-hydroxylation sites is 1. The lowest BCUT2D eigenvalue weighted by Crippen LogP contribution is -1.97. The van der Waals surface area contributed by atoms with Crippen LogP contribution in [0.3, 0.4) is 0 Å². The number of hydrogen-bond acceptors (Lipinski definition) is 3. The number of aliphatic hydroxyl groups excluding tert-OH is 1. The molecule has 0 atom stereocenters. The normalized spacial score (nSPS) is 9.62. The number of rotatable bonds is 5. The van der Waals surface area contributed by atoms with Crippen molar-refractivity contribution in [3.63, 3.8) is 0 Å². The first kappa shape index (κ1) is 15.0. The highest BCUT2D eigenvalue weighted by molar-refractivity contribution is 5.46. The molecule has 2 aromatic rings. The molecule has 2 rings (SSSR count). The second-order valence-electron chi connectivity index (χ2n) is 4.41. The number of benzene rings is 2. The summed E-state index contributed by atoms with van der Waals surface area (Å²) in [6, 6.07) is 15.4. The zero-order valence-corrected chi connectivity index (χ0v) is 12.0. The summed E-state index contributed by atoms with van der Waals surface area (Å²) in [6.07, 6.45) is 0.465. The molecule has 0 aromatic heterocycles. The molecular formula is C18H18O3. The molecular weight excluding hydrogens is 264 g/mol. The summed E-state index contributed by atoms with van der Waals surface area (Å²) in [5.41, 5.74) is 1.90. The molecule has 3 nitrogen and oxygen atoms in total. The van der Waals surface area contributed by atoms with E-state index in [-0.39, 0.29) is 6.61 Å². The summed E-state index contributed by atoms with van der Waals surface area (Å²) >= 11 is 0. The van der Waals surface area contributed by atoms with Crippen LogP contribution < -0.4 is 9.47 Å². The Kier molecular flexibility index (Phi) is 5.69. The van der Waals surface area contributed by atoms with Crippen LogP contribution >= 0.6 is 0 Å². The minimum atomic E-state index is 0.0713. The van der Waals surface area contributed by atoms with E-state index in [4.69, 9.17) is 14.6 Å². The average molecular weight is 282 g/mol. The summed E-state index contributed by atoms with van der Waals surface area (Å²) in [4.78, 5) is 0. The van der Waals surface area contributed by atoms with E-state index < -0.39 is 0 Å². The van der Waals surface area contributed by atoms with Gasteiger partial charge in [-0.25, -0.2) is 0 Å². The predicted molar refractivity (Wildman–Crippen MR) is 82.3 cm³/mol. The molecule has 0 saturated heterocycles. The van der Waals surface area contributed by atoms with Gasteiger partial charge in [0.05, 0.1) is 19.3 Å². The zero-order valence-electron chi connectivity index (χ0n) is 12.0. The molecule has 0 unspecified atom stereocenters. The van der Waals surface area contributed by atoms with E-state index >= 15 is 0 Å². The van der Waals surface area contributed by atoms with Gasteiger partial charge in [-0.1, -0.05) is 36.1 Å². The Hall–Kier alpha value is -2.44. The van der Waals surface area contributed by atoms with Crippen LogP contribution in [0.2, 0.25) is 0 Å². The van der Waals surface area contributed by atoms with Crippen LogP contribution in [0, 0.1) is 11.8 Å². The zero-order chi connectivity index (χ0) is 14.9. The molecule has 0 fully saturated rings. The van der Waals surface area contributed by atoms with Crippen molar-refractivity contribution >= 4 is 0 Å². The summed E-state index contributed by atoms with van der Waals surface area (Å²) in [7, 11) is 1.65. The molecule has 0 heterocycles. The Labute approximate surface area is 125 Å². The number of methoxy groups -OCH3 is 1. The molecule has 0 saturated carbocycles. The van der Waals surface area contributed by atoms with Crippen molar-refractivity contribution < 1.29 is 14.6 Å². The fraction of sp³-hybridized carbons (Fsp3) is 0.222. The van der Waals surface area contributed by atoms with Crippen molar-refractivity contribution in [3.8, 4) is 23.3 Å². The SMILES string of the molecule is COc1ccc(COc2ccccc2C#CCCO)cc1. The lowest BCUT2D eigenvalue weighted by Gasteiger charge is -2.08. The van der Waals surface area contributed by atoms with Crippen LogP contribution in [0.5, 0.6) is 11.5 Å². The van der Waals surface area contributed by atoms with E-state index in [1.807, 2.05) is 48.5 Å². The van der Waals surface area contributed by atoms with Crippen molar-refractivity contribution in [1.29, 1.82) is 0 Å². The first-order valence-corrected chi connectivity index (χ1v) is 6.78. The molecule has 21 heavy (non-hydrogen) atoms. The average Bonchev–Trinajstić information content (AvgIpc) is 2.54. The topological polar surface area (TPSA) is 38.7 Å². The lowest BCUT2D eigenvalue weighted by molar-refractivity contribution is 0.304. The molecule has 3 heteroatoms. The van der Waals surface area contributed by atoms with Gasteiger partial charge in [-0.2, -0.15) is 0 Å². The fourth-order valence-corrected chi connectivity index (χ4v) is 1.79. The summed E-state index contributed by atoms with van der Waals surface area (Å²) in [6.45, 7) is 0.546. The van der Waals surface area contributed by atoms with Crippen molar-refractivity contribution in [2.45, 2.75) is 13.0 Å². The number of hydrogen-bond donors (Lipinski definition) is 1. The highest BCUT2D eigenvalue weighted by Crippen LogP contribution is 2.19. The Balaban J connectivity index is 2.04. The molecule has 108 valence electrons. The second-order valence-corrected chi connectivity index (χ2v) is 4.41. The Bertz CT molecular complexity index is 621. The quantitative estimate of drug-likeness (QED) is 0.857. The van der Waals surface area contributed by atoms with Gasteiger partial charge in [-0.3, -0.25) is 0 Å². The van der Waals surface area contributed by atoms with Gasteiger partial charge in [-0.15, -0.1) is 0 Å². The van der Waals surface area contributed by atoms with Crippen molar-refractivity contribution in [3.05, 3.63) is 59.7 Å². The first-order chi connectivity index (χ1) is 10.3. The van der Waals surface area contributed by atoms with Gasteiger partial charge in [0.2, 0.25) is 0 Å². The van der Waals surface area contributed by atoms with Crippen molar-refractivity contribution in [2.75, 3.05) is 13.7 Å². The van der Waals surface area contributed by atoms with Crippen molar-refractivity contribution in [1.82, 2.24) is 0 Å². The monoisotopic (exact) mass is 282 g/mol. The maximum Gasteiger partial charge on any atom is 0.135 e. The molecule has 0 aliphatic heterocycles. The Morgan fingerprint density at radius 3 is 2.52 bits per heavy atom. The molecule has 0 radical (unpaired) electrons. The minimum Gasteiger partial charge on any atom is -0.497 e.